The molecule has 1 aromatic heterocycles. The van der Waals surface area contributed by atoms with Gasteiger partial charge in [0.2, 0.25) is 5.95 Å². The molecule has 1 fully saturated rings. The van der Waals surface area contributed by atoms with E-state index in [0.717, 1.165) is 36.8 Å². The van der Waals surface area contributed by atoms with Crippen LogP contribution in [0.15, 0.2) is 18.2 Å². The van der Waals surface area contributed by atoms with Crippen LogP contribution in [0.25, 0.3) is 11.4 Å². The van der Waals surface area contributed by atoms with Gasteiger partial charge >= 0.3 is 0 Å². The first-order chi connectivity index (χ1) is 9.15. The average molecular weight is 369 g/mol. The molecule has 3 rings (SSSR count). The number of aryl methyl sites for hydroxylation is 1. The molecule has 1 aromatic carbocycles. The highest BCUT2D eigenvalue weighted by atomic mass is 127. The molecule has 0 aliphatic carbocycles. The maximum absolute atomic E-state index is 5.92. The molecule has 1 aliphatic heterocycles. The van der Waals surface area contributed by atoms with Crippen LogP contribution in [0.3, 0.4) is 0 Å². The Morgan fingerprint density at radius 1 is 1.47 bits per heavy atom. The Hall–Kier alpha value is -1.15. The Kier molecular flexibility index (Phi) is 3.44. The molecule has 100 valence electrons. The summed E-state index contributed by atoms with van der Waals surface area (Å²) in [5.41, 5.74) is 8.26. The zero-order valence-corrected chi connectivity index (χ0v) is 12.9. The number of nitrogens with two attached hydrogens (primary N) is 1. The van der Waals surface area contributed by atoms with Crippen molar-refractivity contribution < 1.29 is 0 Å². The lowest BCUT2D eigenvalue weighted by atomic mass is 10.1. The molecule has 3 N–H and O–H groups in total. The third-order valence-electron chi connectivity index (χ3n) is 3.43. The number of nitrogens with one attached hydrogen (secondary N) is 1. The van der Waals surface area contributed by atoms with Gasteiger partial charge in [-0.15, -0.1) is 5.10 Å². The first kappa shape index (κ1) is 12.9. The van der Waals surface area contributed by atoms with Gasteiger partial charge in [-0.1, -0.05) is 18.2 Å². The van der Waals surface area contributed by atoms with E-state index in [-0.39, 0.29) is 6.04 Å². The second-order valence-corrected chi connectivity index (χ2v) is 5.99. The molecule has 2 heterocycles. The largest absolute Gasteiger partial charge is 0.338 e. The fourth-order valence-corrected chi connectivity index (χ4v) is 2.93. The van der Waals surface area contributed by atoms with E-state index in [1.807, 2.05) is 6.07 Å². The van der Waals surface area contributed by atoms with Gasteiger partial charge in [-0.2, -0.15) is 4.98 Å². The van der Waals surface area contributed by atoms with Gasteiger partial charge in [-0.25, -0.2) is 0 Å². The van der Waals surface area contributed by atoms with Gasteiger partial charge in [-0.3, -0.25) is 5.10 Å². The van der Waals surface area contributed by atoms with Gasteiger partial charge in [0.15, 0.2) is 5.82 Å². The maximum Gasteiger partial charge on any atom is 0.245 e. The zero-order valence-electron chi connectivity index (χ0n) is 10.7. The van der Waals surface area contributed by atoms with E-state index < -0.39 is 0 Å². The van der Waals surface area contributed by atoms with Crippen LogP contribution < -0.4 is 10.6 Å². The van der Waals surface area contributed by atoms with Gasteiger partial charge in [-0.05, 0) is 41.5 Å². The third kappa shape index (κ3) is 2.46. The molecule has 19 heavy (non-hydrogen) atoms. The number of hydrogen-bond acceptors (Lipinski definition) is 4. The van der Waals surface area contributed by atoms with E-state index in [1.165, 1.54) is 9.13 Å². The van der Waals surface area contributed by atoms with Gasteiger partial charge in [0.1, 0.15) is 0 Å². The predicted molar refractivity (Wildman–Crippen MR) is 84.1 cm³/mol. The predicted octanol–water partition coefficient (Wildman–Crippen LogP) is 1.92. The van der Waals surface area contributed by atoms with Gasteiger partial charge in [0, 0.05) is 28.3 Å². The van der Waals surface area contributed by atoms with Crippen LogP contribution >= 0.6 is 22.6 Å². The number of rotatable bonds is 2. The van der Waals surface area contributed by atoms with Crippen molar-refractivity contribution in [3.8, 4) is 11.4 Å². The molecule has 0 bridgehead atoms. The lowest BCUT2D eigenvalue weighted by Gasteiger charge is -2.11. The van der Waals surface area contributed by atoms with Gasteiger partial charge in [0.05, 0.1) is 0 Å². The summed E-state index contributed by atoms with van der Waals surface area (Å²) in [6, 6.07) is 6.44. The molecule has 0 saturated carbocycles. The number of H-pyrrole nitrogens is 1. The van der Waals surface area contributed by atoms with Crippen molar-refractivity contribution in [2.45, 2.75) is 19.4 Å². The van der Waals surface area contributed by atoms with Crippen molar-refractivity contribution in [2.75, 3.05) is 18.0 Å². The molecule has 5 nitrogen and oxygen atoms in total. The van der Waals surface area contributed by atoms with E-state index in [1.54, 1.807) is 0 Å². The standard InChI is InChI=1S/C13H16IN5/c1-8-3-2-4-10(11(8)14)12-16-13(18-17-12)19-6-5-9(15)7-19/h2-4,9H,5-7,15H2,1H3,(H,16,17,18). The summed E-state index contributed by atoms with van der Waals surface area (Å²) in [6.07, 6.45) is 1.01. The van der Waals surface area contributed by atoms with E-state index in [9.17, 15) is 0 Å². The van der Waals surface area contributed by atoms with Crippen molar-refractivity contribution in [3.05, 3.63) is 27.3 Å². The number of anilines is 1. The summed E-state index contributed by atoms with van der Waals surface area (Å²) in [6.45, 7) is 3.87. The van der Waals surface area contributed by atoms with Crippen molar-refractivity contribution in [1.29, 1.82) is 0 Å². The lowest BCUT2D eigenvalue weighted by molar-refractivity contribution is 0.750. The molecule has 1 aliphatic rings. The molecule has 6 heteroatoms. The summed E-state index contributed by atoms with van der Waals surface area (Å²) >= 11 is 2.35. The van der Waals surface area contributed by atoms with Crippen molar-refractivity contribution in [1.82, 2.24) is 15.2 Å². The third-order valence-corrected chi connectivity index (χ3v) is 4.86. The van der Waals surface area contributed by atoms with Crippen molar-refractivity contribution >= 4 is 28.5 Å². The normalized spacial score (nSPS) is 19.1. The van der Waals surface area contributed by atoms with E-state index in [2.05, 4.69) is 61.7 Å². The number of benzene rings is 1. The van der Waals surface area contributed by atoms with Crippen molar-refractivity contribution in [2.24, 2.45) is 5.73 Å². The molecular weight excluding hydrogens is 353 g/mol. The van der Waals surface area contributed by atoms with Crippen LogP contribution in [0, 0.1) is 10.5 Å². The Balaban J connectivity index is 1.91. The molecule has 1 saturated heterocycles. The summed E-state index contributed by atoms with van der Waals surface area (Å²) < 4.78 is 1.21. The van der Waals surface area contributed by atoms with E-state index in [4.69, 9.17) is 5.73 Å². The monoisotopic (exact) mass is 369 g/mol. The molecule has 0 radical (unpaired) electrons. The fraction of sp³-hybridized carbons (Fsp3) is 0.385. The summed E-state index contributed by atoms with van der Waals surface area (Å²) in [7, 11) is 0. The quantitative estimate of drug-likeness (QED) is 0.794. The summed E-state index contributed by atoms with van der Waals surface area (Å²) in [5, 5.41) is 7.34. The highest BCUT2D eigenvalue weighted by Crippen LogP contribution is 2.26. The highest BCUT2D eigenvalue weighted by Gasteiger charge is 2.22. The first-order valence-electron chi connectivity index (χ1n) is 6.33. The minimum Gasteiger partial charge on any atom is -0.338 e. The number of nitrogens with zero attached hydrogens (tertiary/aromatic N) is 3. The topological polar surface area (TPSA) is 70.8 Å². The Morgan fingerprint density at radius 3 is 3.05 bits per heavy atom. The smallest absolute Gasteiger partial charge is 0.245 e. The van der Waals surface area contributed by atoms with Crippen molar-refractivity contribution in [3.63, 3.8) is 0 Å². The molecule has 2 aromatic rings. The Morgan fingerprint density at radius 2 is 2.32 bits per heavy atom. The van der Waals surface area contributed by atoms with Crippen LogP contribution in [-0.4, -0.2) is 34.3 Å². The molecule has 1 unspecified atom stereocenters. The molecule has 1 atom stereocenters. The number of aromatic amines is 1. The highest BCUT2D eigenvalue weighted by molar-refractivity contribution is 14.1. The van der Waals surface area contributed by atoms with E-state index >= 15 is 0 Å². The van der Waals surface area contributed by atoms with Crippen LogP contribution in [0.5, 0.6) is 0 Å². The molecule has 0 spiro atoms. The fourth-order valence-electron chi connectivity index (χ4n) is 2.31. The van der Waals surface area contributed by atoms with Crippen LogP contribution in [-0.2, 0) is 0 Å². The van der Waals surface area contributed by atoms with Gasteiger partial charge in [0.25, 0.3) is 0 Å². The second kappa shape index (κ2) is 5.09. The van der Waals surface area contributed by atoms with Crippen LogP contribution in [0.4, 0.5) is 5.95 Å². The number of aromatic nitrogens is 3. The molecular formula is C13H16IN5. The van der Waals surface area contributed by atoms with Crippen LogP contribution in [0.2, 0.25) is 0 Å². The molecule has 0 amide bonds. The Labute approximate surface area is 125 Å². The SMILES string of the molecule is Cc1cccc(-c2nc(N3CCC(N)C3)n[nH]2)c1I. The second-order valence-electron chi connectivity index (χ2n) is 4.92. The maximum atomic E-state index is 5.92. The summed E-state index contributed by atoms with van der Waals surface area (Å²) in [4.78, 5) is 6.73. The average Bonchev–Trinajstić information content (AvgIpc) is 3.01. The summed E-state index contributed by atoms with van der Waals surface area (Å²) in [5.74, 6) is 1.57. The zero-order chi connectivity index (χ0) is 13.4. The number of halogens is 1. The lowest BCUT2D eigenvalue weighted by Crippen LogP contribution is -2.26. The number of hydrogen-bond donors (Lipinski definition) is 2. The van der Waals surface area contributed by atoms with E-state index in [0.29, 0.717) is 0 Å². The van der Waals surface area contributed by atoms with Crippen LogP contribution in [0.1, 0.15) is 12.0 Å². The Bertz CT molecular complexity index is 594. The van der Waals surface area contributed by atoms with Gasteiger partial charge < -0.3 is 10.6 Å². The first-order valence-corrected chi connectivity index (χ1v) is 7.41. The minimum atomic E-state index is 0.237. The minimum absolute atomic E-state index is 0.237.